The number of nitrogens with zero attached hydrogens (tertiary/aromatic N) is 1. The van der Waals surface area contributed by atoms with Crippen LogP contribution >= 0.6 is 0 Å². The van der Waals surface area contributed by atoms with Gasteiger partial charge in [-0.05, 0) is 20.0 Å². The van der Waals surface area contributed by atoms with Crippen LogP contribution in [0.1, 0.15) is 104 Å². The van der Waals surface area contributed by atoms with Crippen molar-refractivity contribution in [3.63, 3.8) is 0 Å². The molecule has 0 aliphatic heterocycles. The van der Waals surface area contributed by atoms with Crippen molar-refractivity contribution in [2.45, 2.75) is 104 Å². The molecule has 2 N–H and O–H groups in total. The van der Waals surface area contributed by atoms with Crippen molar-refractivity contribution >= 4 is 10.4 Å². The van der Waals surface area contributed by atoms with Gasteiger partial charge in [-0.25, -0.2) is 5.11 Å². The lowest BCUT2D eigenvalue weighted by Gasteiger charge is -2.09. The van der Waals surface area contributed by atoms with Gasteiger partial charge in [0.2, 0.25) is 0 Å². The van der Waals surface area contributed by atoms with Gasteiger partial charge < -0.3 is 10.0 Å². The van der Waals surface area contributed by atoms with E-state index in [1.54, 1.807) is 0 Å². The van der Waals surface area contributed by atoms with E-state index in [0.717, 1.165) is 33.0 Å². The highest BCUT2D eigenvalue weighted by atomic mass is 32.3. The highest BCUT2D eigenvalue weighted by molar-refractivity contribution is 7.80. The Balaban J connectivity index is -0.000000459. The first kappa shape index (κ1) is 34.4. The third kappa shape index (κ3) is 42.0. The zero-order valence-corrected chi connectivity index (χ0v) is 20.9. The minimum atomic E-state index is -4.16. The molecule has 0 bridgehead atoms. The lowest BCUT2D eigenvalue weighted by atomic mass is 10.0. The molecule has 0 rings (SSSR count). The first-order chi connectivity index (χ1) is 14.3. The maximum Gasteiger partial charge on any atom is 0.397 e. The molecule has 0 aromatic heterocycles. The third-order valence-electron chi connectivity index (χ3n) is 4.73. The average molecular weight is 457 g/mol. The summed E-state index contributed by atoms with van der Waals surface area (Å²) < 4.78 is 29.7. The summed E-state index contributed by atoms with van der Waals surface area (Å²) in [4.78, 5) is 2.06. The van der Waals surface area contributed by atoms with Crippen molar-refractivity contribution in [2.75, 3.05) is 40.5 Å². The van der Waals surface area contributed by atoms with Crippen LogP contribution in [0.15, 0.2) is 0 Å². The van der Waals surface area contributed by atoms with Crippen molar-refractivity contribution in [1.82, 2.24) is 4.90 Å². The maximum atomic E-state index is 10.2. The topological polar surface area (TPSA) is 107 Å². The monoisotopic (exact) mass is 456 g/mol. The van der Waals surface area contributed by atoms with Crippen LogP contribution in [-0.4, -0.2) is 63.4 Å². The number of unbranched alkanes of at least 4 members (excludes halogenated alkanes) is 13. The fourth-order valence-corrected chi connectivity index (χ4v) is 2.63. The smallest absolute Gasteiger partial charge is 0.395 e. The number of rotatable bonds is 18. The van der Waals surface area contributed by atoms with E-state index in [1.807, 2.05) is 7.05 Å². The van der Waals surface area contributed by atoms with Gasteiger partial charge in [0, 0.05) is 6.54 Å². The summed E-state index contributed by atoms with van der Waals surface area (Å²) in [6.45, 7) is 6.53. The van der Waals surface area contributed by atoms with E-state index in [2.05, 4.69) is 22.9 Å². The highest BCUT2D eigenvalue weighted by Crippen LogP contribution is 2.12. The van der Waals surface area contributed by atoms with Gasteiger partial charge in [0.25, 0.3) is 0 Å². The third-order valence-corrected chi connectivity index (χ3v) is 5.15. The first-order valence-electron chi connectivity index (χ1n) is 11.7. The zero-order chi connectivity index (χ0) is 23.5. The molecule has 0 aliphatic carbocycles. The van der Waals surface area contributed by atoms with Crippen LogP contribution in [0.3, 0.4) is 0 Å². The summed E-state index contributed by atoms with van der Waals surface area (Å²) in [5.41, 5.74) is 0. The number of hydrogen-bond acceptors (Lipinski definition) is 5. The Bertz CT molecular complexity index is 379. The Morgan fingerprint density at radius 1 is 0.767 bits per heavy atom. The minimum absolute atomic E-state index is 0.123. The number of aliphatic hydroxyl groups is 1. The molecule has 7 nitrogen and oxygen atoms in total. The Morgan fingerprint density at radius 3 is 1.30 bits per heavy atom. The van der Waals surface area contributed by atoms with Crippen molar-refractivity contribution in [1.29, 1.82) is 0 Å². The molecule has 0 saturated heterocycles. The van der Waals surface area contributed by atoms with Crippen LogP contribution in [0.4, 0.5) is 0 Å². The molecule has 0 aromatic rings. The molecule has 0 spiro atoms. The summed E-state index contributed by atoms with van der Waals surface area (Å²) in [6, 6.07) is 0. The van der Waals surface area contributed by atoms with Crippen LogP contribution in [0.2, 0.25) is 0 Å². The second-order valence-corrected chi connectivity index (χ2v) is 8.70. The molecule has 0 saturated carbocycles. The number of hydrogen-bond donors (Lipinski definition) is 2. The van der Waals surface area contributed by atoms with E-state index in [9.17, 15) is 13.5 Å². The normalized spacial score (nSPS) is 10.9. The molecule has 185 valence electrons. The molecule has 0 fully saturated rings. The number of aliphatic hydroxyl groups excluding tert-OH is 1. The second kappa shape index (κ2) is 28.8. The minimum Gasteiger partial charge on any atom is -0.395 e. The standard InChI is InChI=1S/C16H33O.C5H13NO.CH4O4S/c1-2-3-4-5-6-7-8-9-10-11-12-13-14-15-16-17;1-3-6(2)4-5-7;1-5-6(2,3)4/h2-16H2,1H3;7H,3-5H2,1-2H3;1H3,(H,2,3,4). The van der Waals surface area contributed by atoms with Crippen LogP contribution in [-0.2, 0) is 19.7 Å². The van der Waals surface area contributed by atoms with Crippen LogP contribution in [0, 0.1) is 0 Å². The first-order valence-corrected chi connectivity index (χ1v) is 13.1. The van der Waals surface area contributed by atoms with E-state index in [4.69, 9.17) is 9.66 Å². The predicted molar refractivity (Wildman–Crippen MR) is 125 cm³/mol. The van der Waals surface area contributed by atoms with E-state index in [1.165, 1.54) is 77.0 Å². The highest BCUT2D eigenvalue weighted by Gasteiger charge is 1.94. The van der Waals surface area contributed by atoms with Crippen molar-refractivity contribution in [3.8, 4) is 0 Å². The van der Waals surface area contributed by atoms with Crippen LogP contribution in [0.25, 0.3) is 0 Å². The molecule has 1 radical (unpaired) electrons. The van der Waals surface area contributed by atoms with Gasteiger partial charge in [0.05, 0.1) is 20.3 Å². The number of likely N-dealkylation sites (N-methyl/N-ethyl adjacent to an activating group) is 1. The van der Waals surface area contributed by atoms with E-state index < -0.39 is 10.4 Å². The molecular weight excluding hydrogens is 406 g/mol. The molecule has 0 aliphatic rings. The van der Waals surface area contributed by atoms with Gasteiger partial charge >= 0.3 is 10.4 Å². The van der Waals surface area contributed by atoms with E-state index >= 15 is 0 Å². The largest absolute Gasteiger partial charge is 0.397 e. The Morgan fingerprint density at radius 2 is 1.10 bits per heavy atom. The lowest BCUT2D eigenvalue weighted by Crippen LogP contribution is -2.20. The lowest BCUT2D eigenvalue weighted by molar-refractivity contribution is 0.186. The van der Waals surface area contributed by atoms with Gasteiger partial charge in [-0.15, -0.1) is 0 Å². The zero-order valence-electron chi connectivity index (χ0n) is 20.1. The molecule has 0 atom stereocenters. The van der Waals surface area contributed by atoms with Gasteiger partial charge in [-0.3, -0.25) is 8.74 Å². The summed E-state index contributed by atoms with van der Waals surface area (Å²) >= 11 is 0. The molecule has 0 unspecified atom stereocenters. The fraction of sp³-hybridized carbons (Fsp3) is 1.00. The maximum absolute atomic E-state index is 10.2. The Labute approximate surface area is 187 Å². The summed E-state index contributed by atoms with van der Waals surface area (Å²) in [6.07, 6.45) is 18.9. The van der Waals surface area contributed by atoms with Gasteiger partial charge in [0.15, 0.2) is 0 Å². The predicted octanol–water partition coefficient (Wildman–Crippen LogP) is 5.26. The molecule has 0 aromatic carbocycles. The van der Waals surface area contributed by atoms with Gasteiger partial charge in [-0.2, -0.15) is 8.42 Å². The summed E-state index contributed by atoms with van der Waals surface area (Å²) in [5.74, 6) is 0. The van der Waals surface area contributed by atoms with E-state index in [0.29, 0.717) is 0 Å². The van der Waals surface area contributed by atoms with Crippen molar-refractivity contribution < 1.29 is 27.4 Å². The summed E-state index contributed by atoms with van der Waals surface area (Å²) in [7, 11) is -1.31. The average Bonchev–Trinajstić information content (AvgIpc) is 2.72. The quantitative estimate of drug-likeness (QED) is 0.215. The Kier molecular flexibility index (Phi) is 32.9. The molecule has 0 amide bonds. The molecular formula is C22H50NO6S. The van der Waals surface area contributed by atoms with Crippen LogP contribution in [0.5, 0.6) is 0 Å². The van der Waals surface area contributed by atoms with E-state index in [-0.39, 0.29) is 13.2 Å². The SMILES string of the molecule is CCCCCCCCCCCCCCCC[O].CCN(C)CCO.COS(=O)(=O)O. The second-order valence-electron chi connectivity index (χ2n) is 7.51. The fourth-order valence-electron chi connectivity index (χ4n) is 2.63. The molecule has 30 heavy (non-hydrogen) atoms. The Hall–Kier alpha value is -0.250. The van der Waals surface area contributed by atoms with Crippen LogP contribution < -0.4 is 0 Å². The van der Waals surface area contributed by atoms with Crippen molar-refractivity contribution in [2.24, 2.45) is 0 Å². The summed E-state index contributed by atoms with van der Waals surface area (Å²) in [5, 5.41) is 18.6. The van der Waals surface area contributed by atoms with Gasteiger partial charge in [-0.1, -0.05) is 97.3 Å². The van der Waals surface area contributed by atoms with Crippen molar-refractivity contribution in [3.05, 3.63) is 0 Å². The molecule has 0 heterocycles. The van der Waals surface area contributed by atoms with Gasteiger partial charge in [0.1, 0.15) is 0 Å². The molecule has 8 heteroatoms.